The maximum atomic E-state index is 13.5. The second-order valence-corrected chi connectivity index (χ2v) is 8.38. The molecule has 4 rings (SSSR count). The molecule has 1 atom stereocenters. The summed E-state index contributed by atoms with van der Waals surface area (Å²) in [6.45, 7) is 1.57. The van der Waals surface area contributed by atoms with E-state index in [9.17, 15) is 4.39 Å². The molecule has 1 unspecified atom stereocenters. The second kappa shape index (κ2) is 11.0. The van der Waals surface area contributed by atoms with E-state index in [1.54, 1.807) is 0 Å². The summed E-state index contributed by atoms with van der Waals surface area (Å²) in [5.41, 5.74) is 5.35. The Morgan fingerprint density at radius 2 is 1.59 bits per heavy atom. The summed E-state index contributed by atoms with van der Waals surface area (Å²) < 4.78 is 20.0. The Hall–Kier alpha value is -3.55. The molecule has 6 nitrogen and oxygen atoms in total. The van der Waals surface area contributed by atoms with Crippen molar-refractivity contribution >= 4 is 11.9 Å². The number of fused-ring (bicyclic) bond motifs is 1. The lowest BCUT2D eigenvalue weighted by atomic mass is 9.81. The van der Waals surface area contributed by atoms with Crippen LogP contribution in [0.4, 0.5) is 4.39 Å². The fourth-order valence-electron chi connectivity index (χ4n) is 4.15. The minimum absolute atomic E-state index is 0.218. The Morgan fingerprint density at radius 1 is 0.941 bits per heavy atom. The van der Waals surface area contributed by atoms with E-state index in [2.05, 4.69) is 61.5 Å². The van der Waals surface area contributed by atoms with E-state index in [1.165, 1.54) is 34.4 Å². The van der Waals surface area contributed by atoms with Gasteiger partial charge in [-0.1, -0.05) is 54.6 Å². The van der Waals surface area contributed by atoms with Gasteiger partial charge >= 0.3 is 11.9 Å². The van der Waals surface area contributed by atoms with E-state index >= 15 is 0 Å². The molecule has 0 fully saturated rings. The highest BCUT2D eigenvalue weighted by atomic mass is 19.1. The first-order chi connectivity index (χ1) is 16.2. The number of aliphatic carboxylic acids is 2. The molecule has 1 aliphatic heterocycles. The minimum atomic E-state index is -1.82. The number of nitrogens with zero attached hydrogens (tertiary/aromatic N) is 1. The summed E-state index contributed by atoms with van der Waals surface area (Å²) in [7, 11) is 4.17. The number of carboxylic acid groups (broad SMARTS) is 2. The number of halogens is 1. The number of hydrogen-bond donors (Lipinski definition) is 2. The van der Waals surface area contributed by atoms with Crippen LogP contribution in [0.3, 0.4) is 0 Å². The summed E-state index contributed by atoms with van der Waals surface area (Å²) in [5.74, 6) is -3.87. The Bertz CT molecular complexity index is 1120. The molecular weight excluding hydrogens is 437 g/mol. The molecule has 1 aliphatic rings. The molecule has 0 radical (unpaired) electrons. The molecule has 0 spiro atoms. The van der Waals surface area contributed by atoms with Gasteiger partial charge in [0.15, 0.2) is 0 Å². The van der Waals surface area contributed by atoms with Crippen molar-refractivity contribution in [3.8, 4) is 11.1 Å². The molecular formula is C27H28FNO5. The first-order valence-electron chi connectivity index (χ1n) is 10.9. The standard InChI is InChI=1S/C25H26FNO.C2H2O4/c1-27(2)16-6-15-25(22-10-12-23(26)13-11-22)24-14-9-20(17-21(24)18-28-25)19-7-4-3-5-8-19;3-1(4)2(5)6/h3-5,7-14,17H,6,15-16,18H2,1-2H3;(H,3,4)(H,5,6). The first-order valence-corrected chi connectivity index (χ1v) is 10.9. The molecule has 0 aliphatic carbocycles. The lowest BCUT2D eigenvalue weighted by Crippen LogP contribution is -2.28. The Labute approximate surface area is 198 Å². The molecule has 0 saturated heterocycles. The molecule has 0 bridgehead atoms. The molecule has 7 heteroatoms. The topological polar surface area (TPSA) is 87.1 Å². The summed E-state index contributed by atoms with van der Waals surface area (Å²) in [4.78, 5) is 20.4. The van der Waals surface area contributed by atoms with Gasteiger partial charge in [-0.25, -0.2) is 14.0 Å². The van der Waals surface area contributed by atoms with Crippen molar-refractivity contribution in [1.29, 1.82) is 0 Å². The van der Waals surface area contributed by atoms with E-state index in [1.807, 2.05) is 18.2 Å². The third-order valence-corrected chi connectivity index (χ3v) is 5.75. The average molecular weight is 466 g/mol. The van der Waals surface area contributed by atoms with Crippen LogP contribution in [-0.4, -0.2) is 47.7 Å². The van der Waals surface area contributed by atoms with Crippen molar-refractivity contribution in [2.45, 2.75) is 25.0 Å². The van der Waals surface area contributed by atoms with Crippen LogP contribution in [-0.2, 0) is 26.5 Å². The summed E-state index contributed by atoms with van der Waals surface area (Å²) in [6, 6.07) is 23.8. The number of benzene rings is 3. The van der Waals surface area contributed by atoms with Gasteiger partial charge in [0.2, 0.25) is 0 Å². The average Bonchev–Trinajstić information content (AvgIpc) is 3.19. The van der Waals surface area contributed by atoms with E-state index in [0.29, 0.717) is 6.61 Å². The molecule has 0 saturated carbocycles. The summed E-state index contributed by atoms with van der Waals surface area (Å²) >= 11 is 0. The van der Waals surface area contributed by atoms with Gasteiger partial charge in [0.1, 0.15) is 11.4 Å². The molecule has 3 aromatic carbocycles. The second-order valence-electron chi connectivity index (χ2n) is 8.38. The van der Waals surface area contributed by atoms with Crippen LogP contribution in [0, 0.1) is 5.82 Å². The number of carbonyl (C=O) groups is 2. The predicted molar refractivity (Wildman–Crippen MR) is 127 cm³/mol. The molecule has 1 heterocycles. The Balaban J connectivity index is 0.000000481. The maximum absolute atomic E-state index is 13.5. The molecule has 178 valence electrons. The zero-order chi connectivity index (χ0) is 24.7. The normalized spacial score (nSPS) is 16.5. The molecule has 0 amide bonds. The van der Waals surface area contributed by atoms with Crippen molar-refractivity contribution in [2.75, 3.05) is 20.6 Å². The molecule has 3 aromatic rings. The van der Waals surface area contributed by atoms with Gasteiger partial charge in [0, 0.05) is 0 Å². The highest BCUT2D eigenvalue weighted by Crippen LogP contribution is 2.46. The van der Waals surface area contributed by atoms with Gasteiger partial charge in [-0.05, 0) is 79.5 Å². The minimum Gasteiger partial charge on any atom is -0.473 e. The smallest absolute Gasteiger partial charge is 0.414 e. The summed E-state index contributed by atoms with van der Waals surface area (Å²) in [5, 5.41) is 14.8. The molecule has 34 heavy (non-hydrogen) atoms. The lowest BCUT2D eigenvalue weighted by Gasteiger charge is -2.31. The van der Waals surface area contributed by atoms with E-state index < -0.39 is 17.5 Å². The predicted octanol–water partition coefficient (Wildman–Crippen LogP) is 4.76. The zero-order valence-corrected chi connectivity index (χ0v) is 19.2. The highest BCUT2D eigenvalue weighted by Gasteiger charge is 2.41. The van der Waals surface area contributed by atoms with Crippen molar-refractivity contribution in [3.63, 3.8) is 0 Å². The SMILES string of the molecule is CN(C)CCCC1(c2ccc(F)cc2)OCc2cc(-c3ccccc3)ccc21.O=C(O)C(=O)O. The van der Waals surface area contributed by atoms with Gasteiger partial charge in [0.05, 0.1) is 6.61 Å². The fourth-order valence-corrected chi connectivity index (χ4v) is 4.15. The lowest BCUT2D eigenvalue weighted by molar-refractivity contribution is -0.159. The van der Waals surface area contributed by atoms with Crippen LogP contribution in [0.15, 0.2) is 72.8 Å². The number of hydrogen-bond acceptors (Lipinski definition) is 4. The van der Waals surface area contributed by atoms with Crippen LogP contribution >= 0.6 is 0 Å². The monoisotopic (exact) mass is 465 g/mol. The van der Waals surface area contributed by atoms with Crippen LogP contribution in [0.2, 0.25) is 0 Å². The van der Waals surface area contributed by atoms with Crippen LogP contribution < -0.4 is 0 Å². The summed E-state index contributed by atoms with van der Waals surface area (Å²) in [6.07, 6.45) is 1.87. The quantitative estimate of drug-likeness (QED) is 0.511. The van der Waals surface area contributed by atoms with Crippen molar-refractivity contribution in [1.82, 2.24) is 4.90 Å². The van der Waals surface area contributed by atoms with Crippen LogP contribution in [0.5, 0.6) is 0 Å². The van der Waals surface area contributed by atoms with Gasteiger partial charge in [-0.3, -0.25) is 0 Å². The van der Waals surface area contributed by atoms with Crippen LogP contribution in [0.25, 0.3) is 11.1 Å². The molecule has 2 N–H and O–H groups in total. The van der Waals surface area contributed by atoms with Gasteiger partial charge in [0.25, 0.3) is 0 Å². The maximum Gasteiger partial charge on any atom is 0.414 e. The van der Waals surface area contributed by atoms with E-state index in [0.717, 1.165) is 24.9 Å². The third-order valence-electron chi connectivity index (χ3n) is 5.75. The van der Waals surface area contributed by atoms with Gasteiger partial charge < -0.3 is 19.8 Å². The van der Waals surface area contributed by atoms with Crippen molar-refractivity contribution < 1.29 is 28.9 Å². The molecule has 0 aromatic heterocycles. The van der Waals surface area contributed by atoms with E-state index in [4.69, 9.17) is 24.5 Å². The van der Waals surface area contributed by atoms with Crippen LogP contribution in [0.1, 0.15) is 29.5 Å². The zero-order valence-electron chi connectivity index (χ0n) is 19.2. The third kappa shape index (κ3) is 5.87. The first kappa shape index (κ1) is 25.1. The van der Waals surface area contributed by atoms with Crippen molar-refractivity contribution in [2.24, 2.45) is 0 Å². The number of carboxylic acids is 2. The van der Waals surface area contributed by atoms with Gasteiger partial charge in [-0.2, -0.15) is 0 Å². The Kier molecular flexibility index (Phi) is 8.15. The fraction of sp³-hybridized carbons (Fsp3) is 0.259. The largest absolute Gasteiger partial charge is 0.473 e. The number of ether oxygens (including phenoxy) is 1. The van der Waals surface area contributed by atoms with Gasteiger partial charge in [-0.15, -0.1) is 0 Å². The highest BCUT2D eigenvalue weighted by molar-refractivity contribution is 6.27. The number of rotatable bonds is 6. The Morgan fingerprint density at radius 3 is 2.18 bits per heavy atom. The van der Waals surface area contributed by atoms with Crippen molar-refractivity contribution in [3.05, 3.63) is 95.3 Å². The van der Waals surface area contributed by atoms with E-state index in [-0.39, 0.29) is 5.82 Å².